The van der Waals surface area contributed by atoms with Crippen molar-refractivity contribution in [2.24, 2.45) is 5.41 Å². The van der Waals surface area contributed by atoms with Gasteiger partial charge in [0.15, 0.2) is 0 Å². The van der Waals surface area contributed by atoms with E-state index in [0.29, 0.717) is 62.5 Å². The Labute approximate surface area is 432 Å². The summed E-state index contributed by atoms with van der Waals surface area (Å²) in [5.74, 6) is -0.795. The van der Waals surface area contributed by atoms with Crippen LogP contribution in [0.25, 0.3) is 5.57 Å². The number of carbonyl (C=O) groups is 1. The number of nitrogens with one attached hydrogen (secondary N) is 6. The molecule has 0 aromatic heterocycles. The van der Waals surface area contributed by atoms with Gasteiger partial charge in [-0.3, -0.25) is 9.36 Å². The number of hydrogen-bond donors (Lipinski definition) is 6. The molecule has 5 rings (SSSR count). The molecule has 1 atom stereocenters. The largest absolute Gasteiger partial charge is 0.501 e. The van der Waals surface area contributed by atoms with E-state index in [0.717, 1.165) is 36.3 Å². The quantitative estimate of drug-likeness (QED) is 0.0179. The topological polar surface area (TPSA) is 193 Å². The summed E-state index contributed by atoms with van der Waals surface area (Å²) in [6, 6.07) is 24.7. The Hall–Kier alpha value is -3.95. The molecule has 4 aromatic carbocycles. The number of benzene rings is 4. The minimum atomic E-state index is -6.12. The molecule has 0 heterocycles. The van der Waals surface area contributed by atoms with Crippen LogP contribution >= 0.6 is 31.0 Å². The maximum Gasteiger partial charge on any atom is 0.501 e. The SMILES string of the molecule is CC(C)OP(=O)(CNCCNCC[C@H](CSc1ccccc1)Nc1ccc(S(=O)(=O)NC(=O)c2ccc(NCCNCC3=C(c4ccc(Cl)cc4)CCC(C)(C)C3)cc2)cc1S(=O)(=O)C(F)(F)F)OC(C)C. The number of allylic oxidation sites excluding steroid dienone is 1. The Morgan fingerprint density at radius 2 is 1.46 bits per heavy atom. The van der Waals surface area contributed by atoms with Crippen molar-refractivity contribution in [3.05, 3.63) is 119 Å². The lowest BCUT2D eigenvalue weighted by Gasteiger charge is -2.34. The third kappa shape index (κ3) is 18.2. The van der Waals surface area contributed by atoms with Crippen molar-refractivity contribution >= 4 is 73.7 Å². The van der Waals surface area contributed by atoms with E-state index in [1.165, 1.54) is 40.6 Å². The van der Waals surface area contributed by atoms with Crippen molar-refractivity contribution in [2.45, 2.75) is 106 Å². The summed E-state index contributed by atoms with van der Waals surface area (Å²) in [4.78, 5) is 11.9. The lowest BCUT2D eigenvalue weighted by atomic mass is 9.73. The number of rotatable bonds is 28. The predicted molar refractivity (Wildman–Crippen MR) is 283 cm³/mol. The first-order chi connectivity index (χ1) is 33.9. The van der Waals surface area contributed by atoms with Crippen LogP contribution in [0.15, 0.2) is 117 Å². The highest BCUT2D eigenvalue weighted by Crippen LogP contribution is 2.49. The van der Waals surface area contributed by atoms with Crippen LogP contribution in [0.5, 0.6) is 0 Å². The van der Waals surface area contributed by atoms with Gasteiger partial charge in [0.1, 0.15) is 4.90 Å². The molecule has 1 aliphatic carbocycles. The van der Waals surface area contributed by atoms with Gasteiger partial charge in [0.05, 0.1) is 29.1 Å². The number of hydrogen-bond acceptors (Lipinski definition) is 14. The first-order valence-corrected chi connectivity index (χ1v) is 29.8. The number of amides is 1. The van der Waals surface area contributed by atoms with Crippen LogP contribution in [0.4, 0.5) is 24.5 Å². The highest BCUT2D eigenvalue weighted by atomic mass is 35.5. The highest BCUT2D eigenvalue weighted by molar-refractivity contribution is 7.99. The second-order valence-electron chi connectivity index (χ2n) is 18.7. The minimum absolute atomic E-state index is 0.0226. The predicted octanol–water partition coefficient (Wildman–Crippen LogP) is 10.6. The van der Waals surface area contributed by atoms with E-state index >= 15 is 0 Å². The van der Waals surface area contributed by atoms with E-state index < -0.39 is 60.4 Å². The zero-order valence-corrected chi connectivity index (χ0v) is 45.5. The molecule has 0 saturated carbocycles. The first kappa shape index (κ1) is 58.9. The van der Waals surface area contributed by atoms with Gasteiger partial charge in [-0.25, -0.2) is 21.6 Å². The Balaban J connectivity index is 1.21. The molecule has 4 aromatic rings. The monoisotopic (exact) mass is 1100 g/mol. The molecule has 14 nitrogen and oxygen atoms in total. The molecular weight excluding hydrogens is 1030 g/mol. The summed E-state index contributed by atoms with van der Waals surface area (Å²) in [7, 11) is -14.4. The maximum atomic E-state index is 14.2. The molecule has 0 fully saturated rings. The van der Waals surface area contributed by atoms with E-state index in [1.54, 1.807) is 39.8 Å². The van der Waals surface area contributed by atoms with Crippen LogP contribution in [0.3, 0.4) is 0 Å². The normalized spacial score (nSPS) is 14.9. The second-order valence-corrected chi connectivity index (χ2v) is 25.8. The zero-order valence-electron chi connectivity index (χ0n) is 41.4. The number of sulfone groups is 1. The molecule has 6 N–H and O–H groups in total. The van der Waals surface area contributed by atoms with E-state index in [1.807, 2.05) is 47.2 Å². The van der Waals surface area contributed by atoms with Crippen molar-refractivity contribution in [2.75, 3.05) is 61.9 Å². The van der Waals surface area contributed by atoms with Crippen LogP contribution in [0.1, 0.15) is 83.1 Å². The number of carbonyl (C=O) groups excluding carboxylic acids is 1. The van der Waals surface area contributed by atoms with Gasteiger partial charge in [0, 0.05) is 65.7 Å². The van der Waals surface area contributed by atoms with Gasteiger partial charge < -0.3 is 35.6 Å². The van der Waals surface area contributed by atoms with Gasteiger partial charge in [-0.05, 0) is 143 Å². The molecule has 0 bridgehead atoms. The molecule has 72 heavy (non-hydrogen) atoms. The maximum absolute atomic E-state index is 14.2. The number of alkyl halides is 3. The summed E-state index contributed by atoms with van der Waals surface area (Å²) >= 11 is 7.53. The lowest BCUT2D eigenvalue weighted by molar-refractivity contribution is -0.0436. The minimum Gasteiger partial charge on any atom is -0.384 e. The van der Waals surface area contributed by atoms with Gasteiger partial charge in [-0.1, -0.05) is 61.4 Å². The molecular formula is C50H67ClF3N6O8PS3. The molecule has 22 heteroatoms. The molecule has 0 saturated heterocycles. The molecule has 0 radical (unpaired) electrons. The van der Waals surface area contributed by atoms with E-state index in [-0.39, 0.29) is 35.2 Å². The Bertz CT molecular complexity index is 2700. The number of anilines is 2. The summed E-state index contributed by atoms with van der Waals surface area (Å²) in [6.07, 6.45) is 2.66. The van der Waals surface area contributed by atoms with Gasteiger partial charge >= 0.3 is 13.1 Å². The van der Waals surface area contributed by atoms with Crippen LogP contribution in [0, 0.1) is 5.41 Å². The van der Waals surface area contributed by atoms with Crippen LogP contribution in [-0.4, -0.2) is 97.8 Å². The van der Waals surface area contributed by atoms with Gasteiger partial charge in [-0.15, -0.1) is 11.8 Å². The smallest absolute Gasteiger partial charge is 0.384 e. The first-order valence-electron chi connectivity index (χ1n) is 23.7. The van der Waals surface area contributed by atoms with Gasteiger partial charge in [0.25, 0.3) is 25.8 Å². The third-order valence-electron chi connectivity index (χ3n) is 11.3. The van der Waals surface area contributed by atoms with Gasteiger partial charge in [0.2, 0.25) is 0 Å². The fraction of sp³-hybridized carbons (Fsp3) is 0.460. The van der Waals surface area contributed by atoms with Gasteiger partial charge in [-0.2, -0.15) is 13.2 Å². The standard InChI is InChI=1S/C50H67ClF3N6O8PS3/c1-35(2)67-69(62,68-36(3)4)34-57-27-26-55-25-23-42(33-70-43-10-8-7-9-11-43)59-46-21-20-44(30-47(46)71(63,64)50(52,53)54)72(65,66)60-48(61)38-14-18-41(19-15-38)58-29-28-56-32-39-31-49(5,6)24-22-45(39)37-12-16-40(51)17-13-37/h7-21,30,35-36,42,55-59H,22-29,31-34H2,1-6H3,(H,60,61)/t42-/m1/s1. The Kier molecular flexibility index (Phi) is 21.7. The van der Waals surface area contributed by atoms with Crippen molar-refractivity contribution in [3.8, 4) is 0 Å². The Morgan fingerprint density at radius 1 is 0.819 bits per heavy atom. The van der Waals surface area contributed by atoms with Crippen molar-refractivity contribution in [3.63, 3.8) is 0 Å². The fourth-order valence-electron chi connectivity index (χ4n) is 7.90. The fourth-order valence-corrected chi connectivity index (χ4v) is 13.0. The zero-order chi connectivity index (χ0) is 52.7. The third-order valence-corrected chi connectivity index (χ3v) is 17.7. The molecule has 1 aliphatic rings. The van der Waals surface area contributed by atoms with Crippen molar-refractivity contribution < 1.29 is 48.4 Å². The van der Waals surface area contributed by atoms with E-state index in [4.69, 9.17) is 20.6 Å². The van der Waals surface area contributed by atoms with Crippen LogP contribution < -0.4 is 31.3 Å². The highest BCUT2D eigenvalue weighted by Gasteiger charge is 2.48. The molecule has 1 amide bonds. The molecule has 0 aliphatic heterocycles. The van der Waals surface area contributed by atoms with E-state index in [9.17, 15) is 39.4 Å². The number of thioether (sulfide) groups is 1. The van der Waals surface area contributed by atoms with E-state index in [2.05, 4.69) is 52.6 Å². The van der Waals surface area contributed by atoms with Crippen molar-refractivity contribution in [1.29, 1.82) is 0 Å². The average molecular weight is 1100 g/mol. The summed E-state index contributed by atoms with van der Waals surface area (Å²) in [5.41, 5.74) is -1.62. The Morgan fingerprint density at radius 3 is 2.10 bits per heavy atom. The molecule has 396 valence electrons. The van der Waals surface area contributed by atoms with Crippen molar-refractivity contribution in [1.82, 2.24) is 20.7 Å². The number of halogens is 4. The average Bonchev–Trinajstić information content (AvgIpc) is 3.30. The van der Waals surface area contributed by atoms with Crippen LogP contribution in [0.2, 0.25) is 5.02 Å². The lowest BCUT2D eigenvalue weighted by Crippen LogP contribution is -2.33. The molecule has 0 unspecified atom stereocenters. The summed E-state index contributed by atoms with van der Waals surface area (Å²) in [6.45, 7) is 14.5. The second kappa shape index (κ2) is 26.5. The number of sulfonamides is 1. The summed E-state index contributed by atoms with van der Waals surface area (Å²) < 4.78 is 122. The van der Waals surface area contributed by atoms with Crippen LogP contribution in [-0.2, 0) is 33.5 Å². The molecule has 0 spiro atoms. The summed E-state index contributed by atoms with van der Waals surface area (Å²) in [5, 5.41) is 16.7.